The number of rotatable bonds is 4. The molecule has 4 rings (SSSR count). The molecule has 7 nitrogen and oxygen atoms in total. The van der Waals surface area contributed by atoms with E-state index in [1.807, 2.05) is 23.1 Å². The van der Waals surface area contributed by atoms with Gasteiger partial charge in [0, 0.05) is 32.0 Å². The van der Waals surface area contributed by atoms with Gasteiger partial charge in [0.25, 0.3) is 0 Å². The molecule has 1 amide bonds. The lowest BCUT2D eigenvalue weighted by atomic mass is 10.1. The highest BCUT2D eigenvalue weighted by atomic mass is 16.7. The number of likely N-dealkylation sites (tertiary alicyclic amines) is 1. The number of nitrogens with zero attached hydrogens (tertiary/aromatic N) is 1. The quantitative estimate of drug-likeness (QED) is 0.821. The lowest BCUT2D eigenvalue weighted by Crippen LogP contribution is -2.42. The minimum absolute atomic E-state index is 0.0132. The summed E-state index contributed by atoms with van der Waals surface area (Å²) in [5.74, 6) is 2.54. The van der Waals surface area contributed by atoms with Crippen LogP contribution in [0.3, 0.4) is 0 Å². The molecule has 7 heteroatoms. The molecule has 0 saturated carbocycles. The zero-order chi connectivity index (χ0) is 18.8. The van der Waals surface area contributed by atoms with E-state index in [4.69, 9.17) is 18.6 Å². The van der Waals surface area contributed by atoms with E-state index in [0.717, 1.165) is 18.4 Å². The van der Waals surface area contributed by atoms with Crippen LogP contribution in [-0.2, 0) is 11.2 Å². The third-order valence-corrected chi connectivity index (χ3v) is 4.76. The molecule has 0 aliphatic carbocycles. The second kappa shape index (κ2) is 7.34. The summed E-state index contributed by atoms with van der Waals surface area (Å²) >= 11 is 0. The minimum atomic E-state index is -0.415. The van der Waals surface area contributed by atoms with Gasteiger partial charge in [-0.2, -0.15) is 0 Å². The maximum absolute atomic E-state index is 12.6. The first-order chi connectivity index (χ1) is 13.1. The summed E-state index contributed by atoms with van der Waals surface area (Å²) < 4.78 is 21.5. The van der Waals surface area contributed by atoms with E-state index in [2.05, 4.69) is 0 Å². The van der Waals surface area contributed by atoms with E-state index in [9.17, 15) is 9.59 Å². The number of piperidine rings is 1. The Morgan fingerprint density at radius 3 is 2.70 bits per heavy atom. The van der Waals surface area contributed by atoms with Crippen molar-refractivity contribution in [3.8, 4) is 17.2 Å². The standard InChI is InChI=1S/C20H21NO6/c1-13-8-16(11-20(23)26-13)27-15-4-6-21(7-5-15)19(22)10-14-2-3-17-18(9-14)25-12-24-17/h2-3,8-9,11,15H,4-7,10,12H2,1H3. The van der Waals surface area contributed by atoms with Gasteiger partial charge in [-0.3, -0.25) is 4.79 Å². The Balaban J connectivity index is 1.31. The summed E-state index contributed by atoms with van der Waals surface area (Å²) in [7, 11) is 0. The molecular weight excluding hydrogens is 350 g/mol. The van der Waals surface area contributed by atoms with Gasteiger partial charge in [-0.1, -0.05) is 6.07 Å². The Morgan fingerprint density at radius 1 is 1.15 bits per heavy atom. The van der Waals surface area contributed by atoms with Crippen LogP contribution in [0.25, 0.3) is 0 Å². The molecule has 0 radical (unpaired) electrons. The lowest BCUT2D eigenvalue weighted by Gasteiger charge is -2.32. The average Bonchev–Trinajstić information content (AvgIpc) is 3.09. The fourth-order valence-electron chi connectivity index (χ4n) is 3.40. The summed E-state index contributed by atoms with van der Waals surface area (Å²) in [6, 6.07) is 8.65. The average molecular weight is 371 g/mol. The molecule has 2 aromatic rings. The fraction of sp³-hybridized carbons (Fsp3) is 0.400. The first-order valence-electron chi connectivity index (χ1n) is 9.01. The first-order valence-corrected chi connectivity index (χ1v) is 9.01. The second-order valence-corrected chi connectivity index (χ2v) is 6.79. The zero-order valence-electron chi connectivity index (χ0n) is 15.1. The SMILES string of the molecule is Cc1cc(OC2CCN(C(=O)Cc3ccc4c(c3)OCO4)CC2)cc(=O)o1. The molecule has 1 fully saturated rings. The van der Waals surface area contributed by atoms with E-state index < -0.39 is 5.63 Å². The molecule has 0 bridgehead atoms. The van der Waals surface area contributed by atoms with Crippen molar-refractivity contribution in [2.45, 2.75) is 32.3 Å². The van der Waals surface area contributed by atoms with Crippen LogP contribution in [0.4, 0.5) is 0 Å². The Morgan fingerprint density at radius 2 is 1.93 bits per heavy atom. The van der Waals surface area contributed by atoms with Gasteiger partial charge in [-0.05, 0) is 24.6 Å². The molecular formula is C20H21NO6. The van der Waals surface area contributed by atoms with Crippen LogP contribution in [0.2, 0.25) is 0 Å². The highest BCUT2D eigenvalue weighted by Gasteiger charge is 2.24. The van der Waals surface area contributed by atoms with Gasteiger partial charge in [-0.15, -0.1) is 0 Å². The Labute approximate surface area is 156 Å². The largest absolute Gasteiger partial charge is 0.490 e. The highest BCUT2D eigenvalue weighted by molar-refractivity contribution is 5.79. The first kappa shape index (κ1) is 17.5. The van der Waals surface area contributed by atoms with Gasteiger partial charge in [0.15, 0.2) is 11.5 Å². The van der Waals surface area contributed by atoms with Crippen molar-refractivity contribution < 1.29 is 23.4 Å². The molecule has 0 spiro atoms. The summed E-state index contributed by atoms with van der Waals surface area (Å²) in [5, 5.41) is 0. The van der Waals surface area contributed by atoms with E-state index in [-0.39, 0.29) is 18.8 Å². The van der Waals surface area contributed by atoms with Crippen LogP contribution >= 0.6 is 0 Å². The molecule has 1 aromatic heterocycles. The van der Waals surface area contributed by atoms with E-state index in [0.29, 0.717) is 42.5 Å². The van der Waals surface area contributed by atoms with Gasteiger partial charge in [0.2, 0.25) is 12.7 Å². The lowest BCUT2D eigenvalue weighted by molar-refractivity contribution is -0.132. The number of fused-ring (bicyclic) bond motifs is 1. The number of carbonyl (C=O) groups is 1. The van der Waals surface area contributed by atoms with Gasteiger partial charge in [-0.25, -0.2) is 4.79 Å². The zero-order valence-corrected chi connectivity index (χ0v) is 15.1. The summed E-state index contributed by atoms with van der Waals surface area (Å²) in [5.41, 5.74) is 0.496. The van der Waals surface area contributed by atoms with Crippen LogP contribution in [-0.4, -0.2) is 36.8 Å². The third kappa shape index (κ3) is 4.07. The van der Waals surface area contributed by atoms with Crippen LogP contribution in [0, 0.1) is 6.92 Å². The summed E-state index contributed by atoms with van der Waals surface area (Å²) in [4.78, 5) is 25.9. The highest BCUT2D eigenvalue weighted by Crippen LogP contribution is 2.32. The molecule has 1 aromatic carbocycles. The summed E-state index contributed by atoms with van der Waals surface area (Å²) in [6.45, 7) is 3.21. The monoisotopic (exact) mass is 371 g/mol. The molecule has 0 N–H and O–H groups in total. The summed E-state index contributed by atoms with van der Waals surface area (Å²) in [6.07, 6.45) is 1.78. The van der Waals surface area contributed by atoms with Crippen molar-refractivity contribution in [3.63, 3.8) is 0 Å². The molecule has 1 saturated heterocycles. The molecule has 2 aliphatic heterocycles. The maximum atomic E-state index is 12.6. The predicted molar refractivity (Wildman–Crippen MR) is 96.2 cm³/mol. The van der Waals surface area contributed by atoms with E-state index in [1.54, 1.807) is 13.0 Å². The number of benzene rings is 1. The molecule has 2 aliphatic rings. The second-order valence-electron chi connectivity index (χ2n) is 6.79. The Hall–Kier alpha value is -2.96. The topological polar surface area (TPSA) is 78.2 Å². The maximum Gasteiger partial charge on any atom is 0.339 e. The van der Waals surface area contributed by atoms with Crippen LogP contribution < -0.4 is 19.8 Å². The van der Waals surface area contributed by atoms with E-state index in [1.165, 1.54) is 6.07 Å². The molecule has 0 unspecified atom stereocenters. The van der Waals surface area contributed by atoms with Gasteiger partial charge in [0.05, 0.1) is 12.5 Å². The smallest absolute Gasteiger partial charge is 0.339 e. The van der Waals surface area contributed by atoms with Crippen molar-refractivity contribution in [3.05, 3.63) is 52.1 Å². The number of hydrogen-bond acceptors (Lipinski definition) is 6. The molecule has 27 heavy (non-hydrogen) atoms. The van der Waals surface area contributed by atoms with Crippen molar-refractivity contribution in [1.82, 2.24) is 4.90 Å². The van der Waals surface area contributed by atoms with Crippen LogP contribution in [0.1, 0.15) is 24.2 Å². The Kier molecular flexibility index (Phi) is 4.75. The van der Waals surface area contributed by atoms with Crippen molar-refractivity contribution in [2.24, 2.45) is 0 Å². The minimum Gasteiger partial charge on any atom is -0.490 e. The normalized spacial score (nSPS) is 16.4. The predicted octanol–water partition coefficient (Wildman–Crippen LogP) is 2.29. The van der Waals surface area contributed by atoms with Gasteiger partial charge < -0.3 is 23.5 Å². The van der Waals surface area contributed by atoms with Crippen molar-refractivity contribution in [1.29, 1.82) is 0 Å². The number of carbonyl (C=O) groups excluding carboxylic acids is 1. The van der Waals surface area contributed by atoms with Crippen molar-refractivity contribution in [2.75, 3.05) is 19.9 Å². The number of hydrogen-bond donors (Lipinski definition) is 0. The Bertz CT molecular complexity index is 898. The fourth-order valence-corrected chi connectivity index (χ4v) is 3.40. The van der Waals surface area contributed by atoms with Gasteiger partial charge in [0.1, 0.15) is 17.6 Å². The van der Waals surface area contributed by atoms with Gasteiger partial charge >= 0.3 is 5.63 Å². The van der Waals surface area contributed by atoms with E-state index >= 15 is 0 Å². The molecule has 0 atom stereocenters. The third-order valence-electron chi connectivity index (χ3n) is 4.76. The molecule has 3 heterocycles. The van der Waals surface area contributed by atoms with Crippen LogP contribution in [0.15, 0.2) is 39.5 Å². The van der Waals surface area contributed by atoms with Crippen LogP contribution in [0.5, 0.6) is 17.2 Å². The number of amides is 1. The molecule has 142 valence electrons. The number of aryl methyl sites for hydroxylation is 1. The van der Waals surface area contributed by atoms with Crippen molar-refractivity contribution >= 4 is 5.91 Å². The number of ether oxygens (including phenoxy) is 3.